The highest BCUT2D eigenvalue weighted by Gasteiger charge is 1.97. The number of rotatable bonds is 3. The van der Waals surface area contributed by atoms with Crippen molar-refractivity contribution in [1.29, 1.82) is 0 Å². The highest BCUT2D eigenvalue weighted by atomic mass is 16.5. The van der Waals surface area contributed by atoms with E-state index in [1.54, 1.807) is 6.08 Å². The lowest BCUT2D eigenvalue weighted by Gasteiger charge is -1.88. The molecule has 0 amide bonds. The van der Waals surface area contributed by atoms with E-state index in [0.717, 1.165) is 12.2 Å². The Labute approximate surface area is 77.0 Å². The van der Waals surface area contributed by atoms with Gasteiger partial charge < -0.3 is 9.15 Å². The topological polar surface area (TPSA) is 39.4 Å². The van der Waals surface area contributed by atoms with Crippen molar-refractivity contribution in [2.75, 3.05) is 7.11 Å². The van der Waals surface area contributed by atoms with Gasteiger partial charge in [-0.3, -0.25) is 0 Å². The van der Waals surface area contributed by atoms with Crippen LogP contribution in [0.3, 0.4) is 0 Å². The van der Waals surface area contributed by atoms with Gasteiger partial charge in [0, 0.05) is 12.5 Å². The molecule has 0 bridgehead atoms. The lowest BCUT2D eigenvalue weighted by Crippen LogP contribution is -1.92. The summed E-state index contributed by atoms with van der Waals surface area (Å²) in [6, 6.07) is 3.70. The SMILES string of the molecule is CCc1ccc(/C=C/C(=O)OC)o1. The molecule has 3 heteroatoms. The van der Waals surface area contributed by atoms with E-state index in [9.17, 15) is 4.79 Å². The first kappa shape index (κ1) is 9.58. The molecule has 1 aromatic rings. The number of ether oxygens (including phenoxy) is 1. The molecular weight excluding hydrogens is 168 g/mol. The summed E-state index contributed by atoms with van der Waals surface area (Å²) in [5.74, 6) is 1.20. The van der Waals surface area contributed by atoms with Crippen LogP contribution in [0.15, 0.2) is 22.6 Å². The minimum Gasteiger partial charge on any atom is -0.466 e. The quantitative estimate of drug-likeness (QED) is 0.527. The largest absolute Gasteiger partial charge is 0.466 e. The first-order valence-electron chi connectivity index (χ1n) is 4.11. The van der Waals surface area contributed by atoms with Gasteiger partial charge in [-0.25, -0.2) is 4.79 Å². The summed E-state index contributed by atoms with van der Waals surface area (Å²) in [5.41, 5.74) is 0. The van der Waals surface area contributed by atoms with Gasteiger partial charge in [0.05, 0.1) is 7.11 Å². The van der Waals surface area contributed by atoms with Crippen molar-refractivity contribution in [3.05, 3.63) is 29.7 Å². The van der Waals surface area contributed by atoms with Crippen molar-refractivity contribution < 1.29 is 13.9 Å². The van der Waals surface area contributed by atoms with Gasteiger partial charge in [-0.2, -0.15) is 0 Å². The molecule has 0 atom stereocenters. The van der Waals surface area contributed by atoms with E-state index in [4.69, 9.17) is 4.42 Å². The van der Waals surface area contributed by atoms with E-state index >= 15 is 0 Å². The van der Waals surface area contributed by atoms with Gasteiger partial charge in [0.15, 0.2) is 0 Å². The average molecular weight is 180 g/mol. The van der Waals surface area contributed by atoms with Gasteiger partial charge in [0.2, 0.25) is 0 Å². The predicted molar refractivity (Wildman–Crippen MR) is 49.1 cm³/mol. The summed E-state index contributed by atoms with van der Waals surface area (Å²) in [7, 11) is 1.34. The molecule has 70 valence electrons. The van der Waals surface area contributed by atoms with Crippen molar-refractivity contribution in [1.82, 2.24) is 0 Å². The Bertz CT molecular complexity index is 310. The van der Waals surface area contributed by atoms with Crippen molar-refractivity contribution in [3.63, 3.8) is 0 Å². The number of aryl methyl sites for hydroxylation is 1. The molecule has 0 fully saturated rings. The zero-order valence-electron chi connectivity index (χ0n) is 7.74. The van der Waals surface area contributed by atoms with Gasteiger partial charge in [-0.1, -0.05) is 6.92 Å². The summed E-state index contributed by atoms with van der Waals surface area (Å²) < 4.78 is 9.77. The van der Waals surface area contributed by atoms with E-state index < -0.39 is 0 Å². The number of carbonyl (C=O) groups is 1. The lowest BCUT2D eigenvalue weighted by atomic mass is 10.3. The zero-order chi connectivity index (χ0) is 9.68. The van der Waals surface area contributed by atoms with Crippen LogP contribution >= 0.6 is 0 Å². The third-order valence-corrected chi connectivity index (χ3v) is 1.62. The Hall–Kier alpha value is -1.51. The van der Waals surface area contributed by atoms with Crippen LogP contribution in [0.1, 0.15) is 18.4 Å². The molecule has 1 rings (SSSR count). The van der Waals surface area contributed by atoms with Gasteiger partial charge in [0.25, 0.3) is 0 Å². The normalized spacial score (nSPS) is 10.6. The maximum Gasteiger partial charge on any atom is 0.330 e. The highest BCUT2D eigenvalue weighted by molar-refractivity contribution is 5.86. The number of carbonyl (C=O) groups excluding carboxylic acids is 1. The second kappa shape index (κ2) is 4.50. The number of furan rings is 1. The third-order valence-electron chi connectivity index (χ3n) is 1.62. The van der Waals surface area contributed by atoms with Crippen LogP contribution in [-0.2, 0) is 16.0 Å². The van der Waals surface area contributed by atoms with Crippen LogP contribution in [0, 0.1) is 0 Å². The Morgan fingerprint density at radius 1 is 1.62 bits per heavy atom. The van der Waals surface area contributed by atoms with Gasteiger partial charge in [0.1, 0.15) is 11.5 Å². The molecule has 0 aliphatic rings. The Kier molecular flexibility index (Phi) is 3.31. The van der Waals surface area contributed by atoms with Gasteiger partial charge in [-0.15, -0.1) is 0 Å². The summed E-state index contributed by atoms with van der Waals surface area (Å²) in [4.78, 5) is 10.7. The summed E-state index contributed by atoms with van der Waals surface area (Å²) in [6.45, 7) is 2.01. The highest BCUT2D eigenvalue weighted by Crippen LogP contribution is 2.09. The second-order valence-corrected chi connectivity index (χ2v) is 2.51. The van der Waals surface area contributed by atoms with Crippen LogP contribution in [0.5, 0.6) is 0 Å². The third kappa shape index (κ3) is 2.78. The molecule has 0 saturated carbocycles. The van der Waals surface area contributed by atoms with E-state index in [2.05, 4.69) is 4.74 Å². The van der Waals surface area contributed by atoms with Crippen molar-refractivity contribution in [3.8, 4) is 0 Å². The molecule has 0 N–H and O–H groups in total. The minimum atomic E-state index is -0.380. The number of methoxy groups -OCH3 is 1. The molecule has 0 aromatic carbocycles. The van der Waals surface area contributed by atoms with Gasteiger partial charge >= 0.3 is 5.97 Å². The Balaban J connectivity index is 2.63. The number of hydrogen-bond donors (Lipinski definition) is 0. The molecule has 1 heterocycles. The maximum absolute atomic E-state index is 10.7. The van der Waals surface area contributed by atoms with E-state index in [1.165, 1.54) is 13.2 Å². The van der Waals surface area contributed by atoms with Crippen LogP contribution in [0.25, 0.3) is 6.08 Å². The van der Waals surface area contributed by atoms with Crippen LogP contribution in [0.4, 0.5) is 0 Å². The lowest BCUT2D eigenvalue weighted by molar-refractivity contribution is -0.134. The molecule has 1 aromatic heterocycles. The average Bonchev–Trinajstić information content (AvgIpc) is 2.61. The molecule has 0 spiro atoms. The van der Waals surface area contributed by atoms with Crippen molar-refractivity contribution in [2.45, 2.75) is 13.3 Å². The van der Waals surface area contributed by atoms with Crippen LogP contribution < -0.4 is 0 Å². The van der Waals surface area contributed by atoms with E-state index in [-0.39, 0.29) is 5.97 Å². The fourth-order valence-electron chi connectivity index (χ4n) is 0.892. The van der Waals surface area contributed by atoms with E-state index in [1.807, 2.05) is 19.1 Å². The molecule has 0 unspecified atom stereocenters. The monoisotopic (exact) mass is 180 g/mol. The molecule has 0 saturated heterocycles. The van der Waals surface area contributed by atoms with Crippen molar-refractivity contribution >= 4 is 12.0 Å². The molecule has 3 nitrogen and oxygen atoms in total. The molecule has 0 aliphatic heterocycles. The van der Waals surface area contributed by atoms with Crippen molar-refractivity contribution in [2.24, 2.45) is 0 Å². The fraction of sp³-hybridized carbons (Fsp3) is 0.300. The zero-order valence-corrected chi connectivity index (χ0v) is 7.74. The number of hydrogen-bond acceptors (Lipinski definition) is 3. The molecule has 13 heavy (non-hydrogen) atoms. The van der Waals surface area contributed by atoms with Crippen LogP contribution in [0.2, 0.25) is 0 Å². The first-order valence-corrected chi connectivity index (χ1v) is 4.11. The minimum absolute atomic E-state index is 0.380. The Morgan fingerprint density at radius 3 is 2.92 bits per heavy atom. The summed E-state index contributed by atoms with van der Waals surface area (Å²) >= 11 is 0. The van der Waals surface area contributed by atoms with Crippen LogP contribution in [-0.4, -0.2) is 13.1 Å². The smallest absolute Gasteiger partial charge is 0.330 e. The molecular formula is C10H12O3. The summed E-state index contributed by atoms with van der Waals surface area (Å²) in [6.07, 6.45) is 3.77. The maximum atomic E-state index is 10.7. The number of esters is 1. The Morgan fingerprint density at radius 2 is 2.38 bits per heavy atom. The first-order chi connectivity index (χ1) is 6.26. The summed E-state index contributed by atoms with van der Waals surface area (Å²) in [5, 5.41) is 0. The predicted octanol–water partition coefficient (Wildman–Crippen LogP) is 2.03. The standard InChI is InChI=1S/C10H12O3/c1-3-8-4-5-9(13-8)6-7-10(11)12-2/h4-7H,3H2,1-2H3/b7-6+. The van der Waals surface area contributed by atoms with Gasteiger partial charge in [-0.05, 0) is 18.2 Å². The molecule has 0 radical (unpaired) electrons. The van der Waals surface area contributed by atoms with E-state index in [0.29, 0.717) is 5.76 Å². The second-order valence-electron chi connectivity index (χ2n) is 2.51. The molecule has 0 aliphatic carbocycles. The fourth-order valence-corrected chi connectivity index (χ4v) is 0.892.